The van der Waals surface area contributed by atoms with E-state index in [1.165, 1.54) is 11.7 Å². The maximum Gasteiger partial charge on any atom is 0.109 e. The lowest BCUT2D eigenvalue weighted by molar-refractivity contribution is 1.28. The molecule has 0 aliphatic rings. The fourth-order valence-corrected chi connectivity index (χ4v) is 1.57. The lowest BCUT2D eigenvalue weighted by Gasteiger charge is -1.93. The van der Waals surface area contributed by atoms with Crippen LogP contribution in [0.2, 0.25) is 0 Å². The molecule has 12 heavy (non-hydrogen) atoms. The monoisotopic (exact) mass is 177 g/mol. The van der Waals surface area contributed by atoms with E-state index in [0.717, 1.165) is 17.0 Å². The summed E-state index contributed by atoms with van der Waals surface area (Å²) >= 11 is 1.23. The van der Waals surface area contributed by atoms with Gasteiger partial charge in [-0.25, -0.2) is 0 Å². The van der Waals surface area contributed by atoms with Crippen molar-refractivity contribution in [2.75, 3.05) is 0 Å². The van der Waals surface area contributed by atoms with E-state index in [1.54, 1.807) is 12.4 Å². The van der Waals surface area contributed by atoms with Gasteiger partial charge in [0.25, 0.3) is 0 Å². The van der Waals surface area contributed by atoms with Crippen molar-refractivity contribution in [2.24, 2.45) is 0 Å². The lowest BCUT2D eigenvalue weighted by atomic mass is 10.2. The quantitative estimate of drug-likeness (QED) is 0.667. The number of nitrogens with zero attached hydrogens (tertiary/aromatic N) is 3. The van der Waals surface area contributed by atoms with Crippen LogP contribution < -0.4 is 0 Å². The Labute approximate surface area is 74.4 Å². The van der Waals surface area contributed by atoms with Crippen LogP contribution in [0.15, 0.2) is 24.5 Å². The summed E-state index contributed by atoms with van der Waals surface area (Å²) in [5, 5.41) is 0. The third-order valence-corrected chi connectivity index (χ3v) is 2.21. The molecule has 0 saturated heterocycles. The Morgan fingerprint density at radius 1 is 1.33 bits per heavy atom. The van der Waals surface area contributed by atoms with E-state index in [4.69, 9.17) is 0 Å². The van der Waals surface area contributed by atoms with Crippen LogP contribution in [0.4, 0.5) is 0 Å². The SMILES string of the molecule is Cc1nsnc1-c1cccnc1. The molecule has 0 spiro atoms. The normalized spacial score (nSPS) is 10.1. The Balaban J connectivity index is 2.51. The summed E-state index contributed by atoms with van der Waals surface area (Å²) in [6.45, 7) is 1.95. The number of hydrogen-bond acceptors (Lipinski definition) is 4. The molecule has 0 aromatic carbocycles. The highest BCUT2D eigenvalue weighted by Crippen LogP contribution is 2.18. The highest BCUT2D eigenvalue weighted by molar-refractivity contribution is 6.99. The van der Waals surface area contributed by atoms with E-state index >= 15 is 0 Å². The molecule has 3 nitrogen and oxygen atoms in total. The molecule has 0 bridgehead atoms. The number of pyridine rings is 1. The fraction of sp³-hybridized carbons (Fsp3) is 0.125. The molecule has 2 aromatic heterocycles. The van der Waals surface area contributed by atoms with E-state index in [0.29, 0.717) is 0 Å². The molecular weight excluding hydrogens is 170 g/mol. The summed E-state index contributed by atoms with van der Waals surface area (Å²) in [4.78, 5) is 4.02. The fourth-order valence-electron chi connectivity index (χ4n) is 0.996. The summed E-state index contributed by atoms with van der Waals surface area (Å²) in [6.07, 6.45) is 3.54. The predicted molar refractivity (Wildman–Crippen MR) is 47.9 cm³/mol. The lowest BCUT2D eigenvalue weighted by Crippen LogP contribution is -1.81. The van der Waals surface area contributed by atoms with Crippen molar-refractivity contribution < 1.29 is 0 Å². The van der Waals surface area contributed by atoms with Crippen LogP contribution in [-0.2, 0) is 0 Å². The predicted octanol–water partition coefficient (Wildman–Crippen LogP) is 1.91. The summed E-state index contributed by atoms with van der Waals surface area (Å²) < 4.78 is 8.27. The van der Waals surface area contributed by atoms with Crippen molar-refractivity contribution >= 4 is 11.7 Å². The Morgan fingerprint density at radius 3 is 2.83 bits per heavy atom. The molecule has 4 heteroatoms. The van der Waals surface area contributed by atoms with Crippen molar-refractivity contribution in [3.8, 4) is 11.3 Å². The van der Waals surface area contributed by atoms with Crippen LogP contribution in [0.3, 0.4) is 0 Å². The first-order chi connectivity index (χ1) is 5.88. The van der Waals surface area contributed by atoms with Gasteiger partial charge in [0.1, 0.15) is 5.69 Å². The first-order valence-electron chi connectivity index (χ1n) is 3.57. The minimum absolute atomic E-state index is 0.938. The average molecular weight is 177 g/mol. The molecule has 60 valence electrons. The van der Waals surface area contributed by atoms with E-state index in [1.807, 2.05) is 19.1 Å². The molecule has 2 aromatic rings. The van der Waals surface area contributed by atoms with Gasteiger partial charge in [0.05, 0.1) is 17.4 Å². The Hall–Kier alpha value is -1.29. The van der Waals surface area contributed by atoms with E-state index in [2.05, 4.69) is 13.7 Å². The van der Waals surface area contributed by atoms with Gasteiger partial charge in [0.2, 0.25) is 0 Å². The number of aryl methyl sites for hydroxylation is 1. The number of hydrogen-bond donors (Lipinski definition) is 0. The third kappa shape index (κ3) is 1.21. The Bertz CT molecular complexity index is 369. The first kappa shape index (κ1) is 7.36. The van der Waals surface area contributed by atoms with Crippen LogP contribution >= 0.6 is 11.7 Å². The molecule has 0 saturated carbocycles. The second-order valence-electron chi connectivity index (χ2n) is 2.44. The van der Waals surface area contributed by atoms with Crippen LogP contribution in [0.1, 0.15) is 5.69 Å². The highest BCUT2D eigenvalue weighted by Gasteiger charge is 2.04. The zero-order valence-corrected chi connectivity index (χ0v) is 7.38. The van der Waals surface area contributed by atoms with Crippen LogP contribution in [0.5, 0.6) is 0 Å². The van der Waals surface area contributed by atoms with Gasteiger partial charge < -0.3 is 0 Å². The zero-order valence-electron chi connectivity index (χ0n) is 6.56. The van der Waals surface area contributed by atoms with Gasteiger partial charge in [-0.2, -0.15) is 8.75 Å². The van der Waals surface area contributed by atoms with Crippen molar-refractivity contribution in [3.63, 3.8) is 0 Å². The summed E-state index contributed by atoms with van der Waals surface area (Å²) in [5.41, 5.74) is 2.94. The Morgan fingerprint density at radius 2 is 2.25 bits per heavy atom. The molecule has 0 atom stereocenters. The van der Waals surface area contributed by atoms with Gasteiger partial charge in [0.15, 0.2) is 0 Å². The molecule has 0 aliphatic heterocycles. The summed E-state index contributed by atoms with van der Waals surface area (Å²) in [7, 11) is 0. The third-order valence-electron chi connectivity index (χ3n) is 1.59. The molecule has 0 radical (unpaired) electrons. The second-order valence-corrected chi connectivity index (χ2v) is 2.97. The number of aromatic nitrogens is 3. The highest BCUT2D eigenvalue weighted by atomic mass is 32.1. The van der Waals surface area contributed by atoms with Crippen molar-refractivity contribution in [2.45, 2.75) is 6.92 Å². The summed E-state index contributed by atoms with van der Waals surface area (Å²) in [6, 6.07) is 3.88. The maximum atomic E-state index is 4.18. The molecule has 2 rings (SSSR count). The van der Waals surface area contributed by atoms with Crippen molar-refractivity contribution in [1.82, 2.24) is 13.7 Å². The van der Waals surface area contributed by atoms with Crippen LogP contribution in [0.25, 0.3) is 11.3 Å². The molecular formula is C8H7N3S. The molecule has 0 amide bonds. The average Bonchev–Trinajstić information content (AvgIpc) is 2.53. The standard InChI is InChI=1S/C8H7N3S/c1-6-8(11-12-10-6)7-3-2-4-9-5-7/h2-5H,1H3. The minimum Gasteiger partial charge on any atom is -0.264 e. The van der Waals surface area contributed by atoms with Crippen molar-refractivity contribution in [1.29, 1.82) is 0 Å². The smallest absolute Gasteiger partial charge is 0.109 e. The largest absolute Gasteiger partial charge is 0.264 e. The molecule has 0 fully saturated rings. The molecule has 2 heterocycles. The molecule has 0 N–H and O–H groups in total. The zero-order chi connectivity index (χ0) is 8.39. The van der Waals surface area contributed by atoms with Gasteiger partial charge in [-0.05, 0) is 19.1 Å². The van der Waals surface area contributed by atoms with Gasteiger partial charge in [-0.15, -0.1) is 0 Å². The molecule has 0 unspecified atom stereocenters. The Kier molecular flexibility index (Phi) is 1.83. The van der Waals surface area contributed by atoms with Crippen LogP contribution in [0, 0.1) is 6.92 Å². The minimum atomic E-state index is 0.938. The van der Waals surface area contributed by atoms with Gasteiger partial charge >= 0.3 is 0 Å². The topological polar surface area (TPSA) is 38.7 Å². The van der Waals surface area contributed by atoms with Gasteiger partial charge in [0, 0.05) is 18.0 Å². The number of rotatable bonds is 1. The van der Waals surface area contributed by atoms with E-state index in [-0.39, 0.29) is 0 Å². The van der Waals surface area contributed by atoms with Gasteiger partial charge in [-0.3, -0.25) is 4.98 Å². The van der Waals surface area contributed by atoms with Gasteiger partial charge in [-0.1, -0.05) is 0 Å². The van der Waals surface area contributed by atoms with E-state index < -0.39 is 0 Å². The maximum absolute atomic E-state index is 4.18. The van der Waals surface area contributed by atoms with Crippen molar-refractivity contribution in [3.05, 3.63) is 30.2 Å². The summed E-state index contributed by atoms with van der Waals surface area (Å²) in [5.74, 6) is 0. The second kappa shape index (κ2) is 2.98. The first-order valence-corrected chi connectivity index (χ1v) is 4.30. The van der Waals surface area contributed by atoms with Crippen LogP contribution in [-0.4, -0.2) is 13.7 Å². The molecule has 0 aliphatic carbocycles. The van der Waals surface area contributed by atoms with E-state index in [9.17, 15) is 0 Å².